The van der Waals surface area contributed by atoms with E-state index >= 15 is 0 Å². The van der Waals surface area contributed by atoms with Crippen LogP contribution in [0, 0.1) is 12.8 Å². The third-order valence-electron chi connectivity index (χ3n) is 1.99. The standard InChI is InChI=1S/C11H17N3O/c1-7(2)5-14-11(15)9-6-13-8(3)4-10(9)12/h4,6-7H,5H2,1-3H3,(H2,12,13)(H,14,15). The average Bonchev–Trinajstić information content (AvgIpc) is 2.14. The molecule has 0 saturated carbocycles. The highest BCUT2D eigenvalue weighted by molar-refractivity contribution is 5.98. The zero-order chi connectivity index (χ0) is 11.4. The third kappa shape index (κ3) is 3.23. The minimum Gasteiger partial charge on any atom is -0.398 e. The first-order valence-electron chi connectivity index (χ1n) is 5.01. The van der Waals surface area contributed by atoms with Gasteiger partial charge in [0.15, 0.2) is 0 Å². The molecule has 82 valence electrons. The van der Waals surface area contributed by atoms with E-state index in [1.807, 2.05) is 20.8 Å². The molecule has 0 fully saturated rings. The van der Waals surface area contributed by atoms with Crippen LogP contribution in [0.4, 0.5) is 5.69 Å². The van der Waals surface area contributed by atoms with Crippen molar-refractivity contribution in [3.05, 3.63) is 23.5 Å². The van der Waals surface area contributed by atoms with Gasteiger partial charge in [0.25, 0.3) is 5.91 Å². The van der Waals surface area contributed by atoms with Crippen molar-refractivity contribution >= 4 is 11.6 Å². The summed E-state index contributed by atoms with van der Waals surface area (Å²) in [6.45, 7) is 6.56. The van der Waals surface area contributed by atoms with E-state index in [9.17, 15) is 4.79 Å². The molecule has 15 heavy (non-hydrogen) atoms. The number of hydrogen-bond donors (Lipinski definition) is 2. The minimum atomic E-state index is -0.159. The van der Waals surface area contributed by atoms with Gasteiger partial charge >= 0.3 is 0 Å². The van der Waals surface area contributed by atoms with Gasteiger partial charge in [0, 0.05) is 24.1 Å². The number of amides is 1. The van der Waals surface area contributed by atoms with Crippen LogP contribution in [-0.2, 0) is 0 Å². The van der Waals surface area contributed by atoms with Crippen molar-refractivity contribution in [2.45, 2.75) is 20.8 Å². The summed E-state index contributed by atoms with van der Waals surface area (Å²) in [5.74, 6) is 0.266. The Labute approximate surface area is 89.9 Å². The zero-order valence-corrected chi connectivity index (χ0v) is 9.37. The lowest BCUT2D eigenvalue weighted by Gasteiger charge is -2.09. The summed E-state index contributed by atoms with van der Waals surface area (Å²) in [4.78, 5) is 15.7. The number of rotatable bonds is 3. The summed E-state index contributed by atoms with van der Waals surface area (Å²) in [5.41, 5.74) is 7.46. The molecule has 1 heterocycles. The van der Waals surface area contributed by atoms with Crippen LogP contribution in [-0.4, -0.2) is 17.4 Å². The van der Waals surface area contributed by atoms with Crippen LogP contribution in [0.2, 0.25) is 0 Å². The first-order valence-corrected chi connectivity index (χ1v) is 5.01. The van der Waals surface area contributed by atoms with E-state index in [2.05, 4.69) is 10.3 Å². The van der Waals surface area contributed by atoms with Gasteiger partial charge in [-0.05, 0) is 18.9 Å². The van der Waals surface area contributed by atoms with Crippen molar-refractivity contribution in [3.8, 4) is 0 Å². The van der Waals surface area contributed by atoms with Crippen LogP contribution in [0.1, 0.15) is 29.9 Å². The predicted octanol–water partition coefficient (Wildman–Crippen LogP) is 1.36. The van der Waals surface area contributed by atoms with E-state index < -0.39 is 0 Å². The van der Waals surface area contributed by atoms with Crippen LogP contribution in [0.25, 0.3) is 0 Å². The quantitative estimate of drug-likeness (QED) is 0.786. The molecule has 0 aliphatic rings. The van der Waals surface area contributed by atoms with Crippen LogP contribution < -0.4 is 11.1 Å². The average molecular weight is 207 g/mol. The van der Waals surface area contributed by atoms with Crippen molar-refractivity contribution < 1.29 is 4.79 Å². The van der Waals surface area contributed by atoms with E-state index in [1.165, 1.54) is 6.20 Å². The zero-order valence-electron chi connectivity index (χ0n) is 9.37. The summed E-state index contributed by atoms with van der Waals surface area (Å²) in [6.07, 6.45) is 1.51. The van der Waals surface area contributed by atoms with Crippen LogP contribution >= 0.6 is 0 Å². The number of aryl methyl sites for hydroxylation is 1. The molecule has 0 radical (unpaired) electrons. The van der Waals surface area contributed by atoms with Gasteiger partial charge < -0.3 is 11.1 Å². The number of pyridine rings is 1. The van der Waals surface area contributed by atoms with E-state index in [4.69, 9.17) is 5.73 Å². The van der Waals surface area contributed by atoms with Gasteiger partial charge in [-0.25, -0.2) is 0 Å². The van der Waals surface area contributed by atoms with Crippen molar-refractivity contribution in [2.24, 2.45) is 5.92 Å². The molecule has 1 aromatic heterocycles. The molecule has 0 aliphatic heterocycles. The molecule has 1 aromatic rings. The topological polar surface area (TPSA) is 68.0 Å². The van der Waals surface area contributed by atoms with Crippen LogP contribution in [0.3, 0.4) is 0 Å². The summed E-state index contributed by atoms with van der Waals surface area (Å²) >= 11 is 0. The Kier molecular flexibility index (Phi) is 3.66. The molecule has 0 spiro atoms. The Hall–Kier alpha value is -1.58. The molecule has 1 rings (SSSR count). The fourth-order valence-electron chi connectivity index (χ4n) is 1.16. The molecule has 0 unspecified atom stereocenters. The number of nitrogens with zero attached hydrogens (tertiary/aromatic N) is 1. The first-order chi connectivity index (χ1) is 7.00. The molecular formula is C11H17N3O. The third-order valence-corrected chi connectivity index (χ3v) is 1.99. The van der Waals surface area contributed by atoms with Crippen LogP contribution in [0.5, 0.6) is 0 Å². The molecular weight excluding hydrogens is 190 g/mol. The lowest BCUT2D eigenvalue weighted by Crippen LogP contribution is -2.28. The molecule has 0 atom stereocenters. The summed E-state index contributed by atoms with van der Waals surface area (Å²) in [7, 11) is 0. The number of aromatic nitrogens is 1. The van der Waals surface area contributed by atoms with E-state index in [1.54, 1.807) is 6.07 Å². The molecule has 1 amide bonds. The van der Waals surface area contributed by atoms with Crippen molar-refractivity contribution in [1.82, 2.24) is 10.3 Å². The summed E-state index contributed by atoms with van der Waals surface area (Å²) in [5, 5.41) is 2.80. The van der Waals surface area contributed by atoms with Crippen molar-refractivity contribution in [3.63, 3.8) is 0 Å². The molecule has 3 N–H and O–H groups in total. The fourth-order valence-corrected chi connectivity index (χ4v) is 1.16. The largest absolute Gasteiger partial charge is 0.398 e. The fraction of sp³-hybridized carbons (Fsp3) is 0.455. The van der Waals surface area contributed by atoms with E-state index in [-0.39, 0.29) is 5.91 Å². The lowest BCUT2D eigenvalue weighted by atomic mass is 10.2. The Morgan fingerprint density at radius 3 is 2.80 bits per heavy atom. The van der Waals surface area contributed by atoms with Gasteiger partial charge in [0.05, 0.1) is 5.56 Å². The Balaban J connectivity index is 2.74. The minimum absolute atomic E-state index is 0.159. The van der Waals surface area contributed by atoms with Gasteiger partial charge in [0.2, 0.25) is 0 Å². The maximum atomic E-state index is 11.7. The molecule has 0 aromatic carbocycles. The molecule has 0 aliphatic carbocycles. The molecule has 4 heteroatoms. The summed E-state index contributed by atoms with van der Waals surface area (Å²) < 4.78 is 0. The maximum Gasteiger partial charge on any atom is 0.254 e. The number of nitrogens with two attached hydrogens (primary N) is 1. The van der Waals surface area contributed by atoms with Gasteiger partial charge in [-0.1, -0.05) is 13.8 Å². The highest BCUT2D eigenvalue weighted by Gasteiger charge is 2.10. The lowest BCUT2D eigenvalue weighted by molar-refractivity contribution is 0.0949. The molecule has 0 saturated heterocycles. The monoisotopic (exact) mass is 207 g/mol. The van der Waals surface area contributed by atoms with Crippen LogP contribution in [0.15, 0.2) is 12.3 Å². The number of anilines is 1. The number of carbonyl (C=O) groups is 1. The SMILES string of the molecule is Cc1cc(N)c(C(=O)NCC(C)C)cn1. The Morgan fingerprint density at radius 1 is 1.60 bits per heavy atom. The molecule has 4 nitrogen and oxygen atoms in total. The Morgan fingerprint density at radius 2 is 2.27 bits per heavy atom. The highest BCUT2D eigenvalue weighted by Crippen LogP contribution is 2.10. The normalized spacial score (nSPS) is 10.4. The second-order valence-corrected chi connectivity index (χ2v) is 4.02. The maximum absolute atomic E-state index is 11.7. The second-order valence-electron chi connectivity index (χ2n) is 4.02. The van der Waals surface area contributed by atoms with E-state index in [0.717, 1.165) is 5.69 Å². The van der Waals surface area contributed by atoms with E-state index in [0.29, 0.717) is 23.7 Å². The first kappa shape index (κ1) is 11.5. The van der Waals surface area contributed by atoms with Gasteiger partial charge in [-0.3, -0.25) is 9.78 Å². The second kappa shape index (κ2) is 4.77. The van der Waals surface area contributed by atoms with Gasteiger partial charge in [-0.15, -0.1) is 0 Å². The highest BCUT2D eigenvalue weighted by atomic mass is 16.1. The van der Waals surface area contributed by atoms with Gasteiger partial charge in [0.1, 0.15) is 0 Å². The van der Waals surface area contributed by atoms with Gasteiger partial charge in [-0.2, -0.15) is 0 Å². The number of hydrogen-bond acceptors (Lipinski definition) is 3. The summed E-state index contributed by atoms with van der Waals surface area (Å²) in [6, 6.07) is 1.70. The number of nitrogen functional groups attached to an aromatic ring is 1. The number of nitrogens with one attached hydrogen (secondary N) is 1. The van der Waals surface area contributed by atoms with Crippen molar-refractivity contribution in [1.29, 1.82) is 0 Å². The number of carbonyl (C=O) groups excluding carboxylic acids is 1. The smallest absolute Gasteiger partial charge is 0.254 e. The molecule has 0 bridgehead atoms. The van der Waals surface area contributed by atoms with Crippen molar-refractivity contribution in [2.75, 3.05) is 12.3 Å². The predicted molar refractivity (Wildman–Crippen MR) is 60.6 cm³/mol. The Bertz CT molecular complexity index is 361.